The number of amides is 1. The molecule has 1 saturated heterocycles. The average molecular weight is 438 g/mol. The number of aromatic nitrogens is 2. The first-order valence-electron chi connectivity index (χ1n) is 8.82. The Balaban J connectivity index is 1.69. The summed E-state index contributed by atoms with van der Waals surface area (Å²) in [5.74, 6) is -0.0323. The van der Waals surface area contributed by atoms with Crippen molar-refractivity contribution in [3.05, 3.63) is 40.1 Å². The molecule has 26 heavy (non-hydrogen) atoms. The topological polar surface area (TPSA) is 56.2 Å². The number of hydrogen-bond acceptors (Lipinski definition) is 4. The van der Waals surface area contributed by atoms with E-state index in [0.717, 1.165) is 52.7 Å². The van der Waals surface area contributed by atoms with Crippen molar-refractivity contribution in [3.63, 3.8) is 0 Å². The van der Waals surface area contributed by atoms with Gasteiger partial charge in [-0.25, -0.2) is 4.98 Å². The lowest BCUT2D eigenvalue weighted by atomic mass is 10.2. The van der Waals surface area contributed by atoms with Crippen LogP contribution in [0.15, 0.2) is 33.9 Å². The van der Waals surface area contributed by atoms with Crippen molar-refractivity contribution in [2.75, 3.05) is 11.9 Å². The number of halogens is 1. The molecule has 1 fully saturated rings. The van der Waals surface area contributed by atoms with Gasteiger partial charge in [-0.05, 0) is 51.8 Å². The Hall–Kier alpha value is -1.31. The molecule has 2 heterocycles. The highest BCUT2D eigenvalue weighted by Crippen LogP contribution is 2.28. The van der Waals surface area contributed by atoms with Crippen LogP contribution in [-0.4, -0.2) is 33.4 Å². The molecule has 0 spiro atoms. The monoisotopic (exact) mass is 437 g/mol. The Morgan fingerprint density at radius 2 is 2.31 bits per heavy atom. The zero-order valence-corrected chi connectivity index (χ0v) is 17.7. The Labute approximate surface area is 167 Å². The van der Waals surface area contributed by atoms with Crippen LogP contribution < -0.4 is 5.32 Å². The lowest BCUT2D eigenvalue weighted by Crippen LogP contribution is -2.23. The molecule has 1 aliphatic rings. The highest BCUT2D eigenvalue weighted by Gasteiger charge is 2.23. The van der Waals surface area contributed by atoms with Crippen molar-refractivity contribution in [2.45, 2.75) is 56.7 Å². The van der Waals surface area contributed by atoms with Crippen molar-refractivity contribution in [2.24, 2.45) is 0 Å². The Kier molecular flexibility index (Phi) is 6.42. The van der Waals surface area contributed by atoms with E-state index in [0.29, 0.717) is 0 Å². The summed E-state index contributed by atoms with van der Waals surface area (Å²) in [7, 11) is 0. The molecule has 2 atom stereocenters. The third-order valence-electron chi connectivity index (χ3n) is 4.58. The Bertz CT molecular complexity index is 787. The number of thioether (sulfide) groups is 1. The second-order valence-electron chi connectivity index (χ2n) is 6.57. The molecule has 5 nitrogen and oxygen atoms in total. The molecule has 0 saturated carbocycles. The number of carbonyl (C=O) groups is 1. The van der Waals surface area contributed by atoms with Gasteiger partial charge in [-0.3, -0.25) is 4.79 Å². The first-order valence-corrected chi connectivity index (χ1v) is 10.5. The molecule has 7 heteroatoms. The summed E-state index contributed by atoms with van der Waals surface area (Å²) in [5.41, 5.74) is 2.93. The smallest absolute Gasteiger partial charge is 0.237 e. The maximum absolute atomic E-state index is 12.6. The minimum absolute atomic E-state index is 0.0323. The molecule has 0 bridgehead atoms. The van der Waals surface area contributed by atoms with Crippen molar-refractivity contribution >= 4 is 39.3 Å². The van der Waals surface area contributed by atoms with E-state index in [1.807, 2.05) is 38.1 Å². The van der Waals surface area contributed by atoms with Crippen molar-refractivity contribution in [3.8, 4) is 0 Å². The number of anilines is 1. The van der Waals surface area contributed by atoms with Gasteiger partial charge in [-0.15, -0.1) is 0 Å². The van der Waals surface area contributed by atoms with Crippen molar-refractivity contribution in [1.29, 1.82) is 0 Å². The Morgan fingerprint density at radius 3 is 3.00 bits per heavy atom. The summed E-state index contributed by atoms with van der Waals surface area (Å²) in [5, 5.41) is 3.60. The van der Waals surface area contributed by atoms with Gasteiger partial charge >= 0.3 is 0 Å². The van der Waals surface area contributed by atoms with Gasteiger partial charge in [0.2, 0.25) is 5.91 Å². The van der Waals surface area contributed by atoms with Crippen LogP contribution in [0.5, 0.6) is 0 Å². The van der Waals surface area contributed by atoms with E-state index >= 15 is 0 Å². The minimum atomic E-state index is -0.251. The number of nitrogens with one attached hydrogen (secondary N) is 1. The number of rotatable bonds is 6. The van der Waals surface area contributed by atoms with Crippen LogP contribution in [0.25, 0.3) is 0 Å². The van der Waals surface area contributed by atoms with Crippen LogP contribution in [0.2, 0.25) is 0 Å². The molecule has 1 amide bonds. The lowest BCUT2D eigenvalue weighted by molar-refractivity contribution is -0.115. The number of aryl methyl sites for hydroxylation is 1. The molecule has 3 rings (SSSR count). The van der Waals surface area contributed by atoms with E-state index in [1.165, 1.54) is 11.8 Å². The van der Waals surface area contributed by atoms with E-state index < -0.39 is 0 Å². The van der Waals surface area contributed by atoms with E-state index in [1.54, 1.807) is 0 Å². The number of ether oxygens (including phenoxy) is 1. The molecular weight excluding hydrogens is 414 g/mol. The van der Waals surface area contributed by atoms with E-state index in [2.05, 4.69) is 37.7 Å². The molecule has 0 radical (unpaired) electrons. The number of nitrogens with zero attached hydrogens (tertiary/aromatic N) is 2. The van der Waals surface area contributed by atoms with Crippen LogP contribution in [0, 0.1) is 13.8 Å². The molecule has 1 aromatic heterocycles. The normalized spacial score (nSPS) is 18.1. The highest BCUT2D eigenvalue weighted by atomic mass is 79.9. The number of carbonyl (C=O) groups excluding carboxylic acids is 1. The summed E-state index contributed by atoms with van der Waals surface area (Å²) >= 11 is 4.92. The van der Waals surface area contributed by atoms with Gasteiger partial charge in [-0.2, -0.15) is 0 Å². The second-order valence-corrected chi connectivity index (χ2v) is 8.79. The standard InChI is InChI=1S/C19H24BrN3O2S/c1-12-13(2)23(11-17-8-5-9-25-17)19(21-12)26-14(3)18(24)22-16-7-4-6-15(20)10-16/h4,6-7,10,14,17H,5,8-9,11H2,1-3H3,(H,22,24). The fourth-order valence-corrected chi connectivity index (χ4v) is 4.35. The first-order chi connectivity index (χ1) is 12.4. The quantitative estimate of drug-likeness (QED) is 0.672. The fraction of sp³-hybridized carbons (Fsp3) is 0.474. The van der Waals surface area contributed by atoms with Crippen LogP contribution >= 0.6 is 27.7 Å². The van der Waals surface area contributed by atoms with Gasteiger partial charge in [0.15, 0.2) is 5.16 Å². The highest BCUT2D eigenvalue weighted by molar-refractivity contribution is 9.10. The van der Waals surface area contributed by atoms with E-state index in [4.69, 9.17) is 4.74 Å². The molecular formula is C19H24BrN3O2S. The zero-order chi connectivity index (χ0) is 18.7. The first kappa shape index (κ1) is 19.5. The molecule has 2 aromatic rings. The predicted molar refractivity (Wildman–Crippen MR) is 109 cm³/mol. The summed E-state index contributed by atoms with van der Waals surface area (Å²) < 4.78 is 8.91. The van der Waals surface area contributed by atoms with Gasteiger partial charge in [-0.1, -0.05) is 33.8 Å². The van der Waals surface area contributed by atoms with Crippen LogP contribution in [0.3, 0.4) is 0 Å². The molecule has 2 unspecified atom stereocenters. The number of benzene rings is 1. The molecule has 140 valence electrons. The largest absolute Gasteiger partial charge is 0.376 e. The number of imidazole rings is 1. The summed E-state index contributed by atoms with van der Waals surface area (Å²) in [6.45, 7) is 7.64. The molecule has 1 aromatic carbocycles. The maximum Gasteiger partial charge on any atom is 0.237 e. The average Bonchev–Trinajstić information content (AvgIpc) is 3.19. The van der Waals surface area contributed by atoms with Gasteiger partial charge in [0.25, 0.3) is 0 Å². The third kappa shape index (κ3) is 4.69. The van der Waals surface area contributed by atoms with E-state index in [9.17, 15) is 4.79 Å². The van der Waals surface area contributed by atoms with Gasteiger partial charge in [0, 0.05) is 22.5 Å². The third-order valence-corrected chi connectivity index (χ3v) is 6.16. The van der Waals surface area contributed by atoms with Gasteiger partial charge in [0.1, 0.15) is 0 Å². The lowest BCUT2D eigenvalue weighted by Gasteiger charge is -2.16. The fourth-order valence-electron chi connectivity index (χ4n) is 2.94. The van der Waals surface area contributed by atoms with Crippen LogP contribution in [-0.2, 0) is 16.1 Å². The summed E-state index contributed by atoms with van der Waals surface area (Å²) in [6.07, 6.45) is 2.44. The minimum Gasteiger partial charge on any atom is -0.376 e. The summed E-state index contributed by atoms with van der Waals surface area (Å²) in [4.78, 5) is 17.2. The zero-order valence-electron chi connectivity index (χ0n) is 15.3. The number of hydrogen-bond donors (Lipinski definition) is 1. The molecule has 1 N–H and O–H groups in total. The second kappa shape index (κ2) is 8.59. The van der Waals surface area contributed by atoms with Gasteiger partial charge in [0.05, 0.1) is 23.6 Å². The van der Waals surface area contributed by atoms with Crippen LogP contribution in [0.1, 0.15) is 31.2 Å². The Morgan fingerprint density at radius 1 is 1.50 bits per heavy atom. The van der Waals surface area contributed by atoms with Crippen LogP contribution in [0.4, 0.5) is 5.69 Å². The predicted octanol–water partition coefficient (Wildman–Crippen LogP) is 4.56. The summed E-state index contributed by atoms with van der Waals surface area (Å²) in [6, 6.07) is 7.61. The molecule has 0 aliphatic carbocycles. The van der Waals surface area contributed by atoms with Crippen molar-refractivity contribution in [1.82, 2.24) is 9.55 Å². The maximum atomic E-state index is 12.6. The van der Waals surface area contributed by atoms with Crippen molar-refractivity contribution < 1.29 is 9.53 Å². The van der Waals surface area contributed by atoms with E-state index in [-0.39, 0.29) is 17.3 Å². The molecule has 1 aliphatic heterocycles. The van der Waals surface area contributed by atoms with Gasteiger partial charge < -0.3 is 14.6 Å². The SMILES string of the molecule is Cc1nc(SC(C)C(=O)Nc2cccc(Br)c2)n(CC2CCCO2)c1C.